The van der Waals surface area contributed by atoms with Crippen LogP contribution in [0.1, 0.15) is 284 Å². The Bertz CT molecular complexity index is 1630. The molecule has 3 fully saturated rings. The minimum atomic E-state index is -1.98. The van der Waals surface area contributed by atoms with E-state index in [2.05, 4.69) is 19.2 Å². The average Bonchev–Trinajstić information content (AvgIpc) is 2.90. The number of hydrogen-bond acceptors (Lipinski definition) is 18. The lowest BCUT2D eigenvalue weighted by Gasteiger charge is -2.48. The van der Waals surface area contributed by atoms with Crippen LogP contribution in [0.5, 0.6) is 0 Å². The molecule has 17 unspecified atom stereocenters. The topological polar surface area (TPSA) is 307 Å². The van der Waals surface area contributed by atoms with Gasteiger partial charge >= 0.3 is 0 Å². The molecule has 19 heteroatoms. The van der Waals surface area contributed by atoms with Crippen molar-refractivity contribution >= 4 is 5.91 Å². The van der Waals surface area contributed by atoms with Crippen LogP contribution in [-0.4, -0.2) is 193 Å². The summed E-state index contributed by atoms with van der Waals surface area (Å²) in [4.78, 5) is 13.4. The number of rotatable bonds is 55. The van der Waals surface area contributed by atoms with Gasteiger partial charge in [-0.05, 0) is 19.3 Å². The van der Waals surface area contributed by atoms with E-state index in [9.17, 15) is 61.0 Å². The number of aliphatic hydroxyl groups excluding tert-OH is 11. The number of amides is 1. The molecule has 19 nitrogen and oxygen atoms in total. The number of carbonyl (C=O) groups is 1. The van der Waals surface area contributed by atoms with Crippen molar-refractivity contribution in [3.8, 4) is 0 Å². The molecule has 0 bridgehead atoms. The van der Waals surface area contributed by atoms with Crippen LogP contribution in [0.15, 0.2) is 12.2 Å². The second kappa shape index (κ2) is 51.0. The second-order valence-corrected chi connectivity index (χ2v) is 25.7. The van der Waals surface area contributed by atoms with Crippen molar-refractivity contribution in [2.45, 2.75) is 388 Å². The van der Waals surface area contributed by atoms with E-state index in [0.717, 1.165) is 44.9 Å². The lowest BCUT2D eigenvalue weighted by Crippen LogP contribution is -2.66. The fraction of sp³-hybridized carbons (Fsp3) is 0.956. The quantitative estimate of drug-likeness (QED) is 0.0199. The first kappa shape index (κ1) is 79.8. The van der Waals surface area contributed by atoms with Crippen molar-refractivity contribution in [2.75, 3.05) is 26.4 Å². The molecule has 3 aliphatic heterocycles. The molecule has 0 aromatic carbocycles. The zero-order valence-electron chi connectivity index (χ0n) is 54.3. The number of aliphatic hydroxyl groups is 11. The molecule has 0 aromatic rings. The van der Waals surface area contributed by atoms with E-state index in [1.807, 2.05) is 6.08 Å². The average molecular weight is 1250 g/mol. The third-order valence-corrected chi connectivity index (χ3v) is 18.1. The fourth-order valence-electron chi connectivity index (χ4n) is 12.3. The first-order chi connectivity index (χ1) is 42.3. The standard InChI is InChI=1S/C68H129NO18/c1-3-5-7-9-11-13-15-17-19-21-23-25-26-28-30-32-34-36-38-40-42-44-46-56(74)69-51(52(73)45-43-41-39-37-35-33-31-29-27-24-22-20-18-16-14-12-10-8-6-4-2)50-82-66-62(80)59(77)64(54(48-71)84-66)87-68-63(81)60(78)65(55(49-72)85-68)86-67-61(79)58(76)57(75)53(47-70)83-67/h43,45,51-55,57-68,70-73,75-81H,3-42,44,46-50H2,1-2H3,(H,69,74)/b45-43+. The van der Waals surface area contributed by atoms with E-state index in [1.165, 1.54) is 212 Å². The third kappa shape index (κ3) is 33.3. The van der Waals surface area contributed by atoms with Gasteiger partial charge in [0.25, 0.3) is 0 Å². The van der Waals surface area contributed by atoms with Gasteiger partial charge in [0, 0.05) is 6.42 Å². The molecule has 3 rings (SSSR count). The molecule has 0 saturated carbocycles. The normalized spacial score (nSPS) is 28.6. The van der Waals surface area contributed by atoms with Crippen LogP contribution in [0.2, 0.25) is 0 Å². The van der Waals surface area contributed by atoms with Crippen LogP contribution < -0.4 is 5.32 Å². The monoisotopic (exact) mass is 1250 g/mol. The molecule has 514 valence electrons. The Labute approximate surface area is 525 Å². The summed E-state index contributed by atoms with van der Waals surface area (Å²) in [7, 11) is 0. The zero-order valence-corrected chi connectivity index (χ0v) is 54.3. The molecule has 0 radical (unpaired) electrons. The molecule has 0 spiro atoms. The van der Waals surface area contributed by atoms with Crippen LogP contribution in [0.25, 0.3) is 0 Å². The van der Waals surface area contributed by atoms with E-state index in [-0.39, 0.29) is 18.9 Å². The highest BCUT2D eigenvalue weighted by molar-refractivity contribution is 5.76. The SMILES string of the molecule is CCCCCCCCCCCCCCCCCCCC/C=C/C(O)C(COC1OC(CO)C(OC2OC(CO)C(OC3OC(CO)C(O)C(O)C3O)C(O)C2O)C(O)C1O)NC(=O)CCCCCCCCCCCCCCCCCCCCCCCC. The number of unbranched alkanes of at least 4 members (excludes halogenated alkanes) is 39. The van der Waals surface area contributed by atoms with Gasteiger partial charge < -0.3 is 89.9 Å². The van der Waals surface area contributed by atoms with Crippen molar-refractivity contribution in [2.24, 2.45) is 0 Å². The third-order valence-electron chi connectivity index (χ3n) is 18.1. The fourth-order valence-corrected chi connectivity index (χ4v) is 12.3. The molecule has 0 aliphatic carbocycles. The van der Waals surface area contributed by atoms with Gasteiger partial charge in [0.1, 0.15) is 73.2 Å². The number of hydrogen-bond donors (Lipinski definition) is 12. The van der Waals surface area contributed by atoms with E-state index in [0.29, 0.717) is 6.42 Å². The van der Waals surface area contributed by atoms with E-state index >= 15 is 0 Å². The summed E-state index contributed by atoms with van der Waals surface area (Å²) in [5, 5.41) is 121. The number of carbonyl (C=O) groups excluding carboxylic acids is 1. The van der Waals surface area contributed by atoms with Gasteiger partial charge in [0.2, 0.25) is 5.91 Å². The maximum absolute atomic E-state index is 13.4. The summed E-state index contributed by atoms with van der Waals surface area (Å²) in [5.74, 6) is -0.269. The number of ether oxygens (including phenoxy) is 6. The summed E-state index contributed by atoms with van der Waals surface area (Å²) in [6, 6.07) is -0.968. The molecule has 87 heavy (non-hydrogen) atoms. The molecule has 1 amide bonds. The summed E-state index contributed by atoms with van der Waals surface area (Å²) in [6.45, 7) is 1.78. The highest BCUT2D eigenvalue weighted by atomic mass is 16.8. The first-order valence-electron chi connectivity index (χ1n) is 35.4. The Morgan fingerprint density at radius 3 is 1.08 bits per heavy atom. The first-order valence-corrected chi connectivity index (χ1v) is 35.4. The van der Waals surface area contributed by atoms with E-state index < -0.39 is 124 Å². The summed E-state index contributed by atoms with van der Waals surface area (Å²) in [5.41, 5.74) is 0. The summed E-state index contributed by atoms with van der Waals surface area (Å²) in [6.07, 6.45) is 29.0. The minimum Gasteiger partial charge on any atom is -0.394 e. The Hall–Kier alpha value is -1.47. The van der Waals surface area contributed by atoms with Crippen molar-refractivity contribution in [1.82, 2.24) is 5.32 Å². The van der Waals surface area contributed by atoms with Crippen molar-refractivity contribution in [3.63, 3.8) is 0 Å². The van der Waals surface area contributed by atoms with Crippen LogP contribution in [0.3, 0.4) is 0 Å². The lowest BCUT2D eigenvalue weighted by atomic mass is 9.96. The zero-order chi connectivity index (χ0) is 63.3. The summed E-state index contributed by atoms with van der Waals surface area (Å²) < 4.78 is 34.4. The van der Waals surface area contributed by atoms with Crippen LogP contribution in [0.4, 0.5) is 0 Å². The predicted octanol–water partition coefficient (Wildman–Crippen LogP) is 9.28. The van der Waals surface area contributed by atoms with Gasteiger partial charge in [-0.2, -0.15) is 0 Å². The Morgan fingerprint density at radius 1 is 0.402 bits per heavy atom. The number of allylic oxidation sites excluding steroid dienone is 1. The molecular formula is C68H129NO18. The van der Waals surface area contributed by atoms with E-state index in [4.69, 9.17) is 28.4 Å². The van der Waals surface area contributed by atoms with Crippen molar-refractivity contribution in [3.05, 3.63) is 12.2 Å². The minimum absolute atomic E-state index is 0.250. The Kier molecular flexibility index (Phi) is 46.8. The lowest BCUT2D eigenvalue weighted by molar-refractivity contribution is -0.379. The Balaban J connectivity index is 1.44. The van der Waals surface area contributed by atoms with Gasteiger partial charge in [-0.3, -0.25) is 4.79 Å². The molecule has 3 heterocycles. The highest BCUT2D eigenvalue weighted by Gasteiger charge is 2.53. The summed E-state index contributed by atoms with van der Waals surface area (Å²) >= 11 is 0. The van der Waals surface area contributed by atoms with Gasteiger partial charge in [-0.15, -0.1) is 0 Å². The van der Waals surface area contributed by atoms with Crippen LogP contribution in [0, 0.1) is 0 Å². The van der Waals surface area contributed by atoms with Gasteiger partial charge in [-0.1, -0.05) is 270 Å². The predicted molar refractivity (Wildman–Crippen MR) is 337 cm³/mol. The maximum Gasteiger partial charge on any atom is 0.220 e. The maximum atomic E-state index is 13.4. The largest absolute Gasteiger partial charge is 0.394 e. The van der Waals surface area contributed by atoms with Gasteiger partial charge in [0.15, 0.2) is 18.9 Å². The molecule has 12 N–H and O–H groups in total. The van der Waals surface area contributed by atoms with Crippen molar-refractivity contribution in [1.29, 1.82) is 0 Å². The second-order valence-electron chi connectivity index (χ2n) is 25.7. The molecule has 3 aliphatic rings. The highest BCUT2D eigenvalue weighted by Crippen LogP contribution is 2.33. The van der Waals surface area contributed by atoms with Crippen LogP contribution in [-0.2, 0) is 33.2 Å². The molecule has 0 aromatic heterocycles. The molecule has 3 saturated heterocycles. The number of nitrogens with one attached hydrogen (secondary N) is 1. The molecule has 17 atom stereocenters. The van der Waals surface area contributed by atoms with E-state index in [1.54, 1.807) is 6.08 Å². The van der Waals surface area contributed by atoms with Crippen LogP contribution >= 0.6 is 0 Å². The van der Waals surface area contributed by atoms with Crippen molar-refractivity contribution < 1.29 is 89.4 Å². The van der Waals surface area contributed by atoms with Gasteiger partial charge in [0.05, 0.1) is 38.6 Å². The molecular weight excluding hydrogens is 1120 g/mol. The van der Waals surface area contributed by atoms with Gasteiger partial charge in [-0.25, -0.2) is 0 Å². The Morgan fingerprint density at radius 2 is 0.713 bits per heavy atom. The smallest absolute Gasteiger partial charge is 0.220 e.